The molecule has 1 atom stereocenters. The number of rotatable bonds is 6. The van der Waals surface area contributed by atoms with Crippen molar-refractivity contribution >= 4 is 11.6 Å². The zero-order chi connectivity index (χ0) is 19.2. The molecule has 0 aliphatic carbocycles. The number of ether oxygens (including phenoxy) is 1. The zero-order valence-electron chi connectivity index (χ0n) is 16.4. The van der Waals surface area contributed by atoms with Gasteiger partial charge in [-0.05, 0) is 36.8 Å². The molecule has 0 bridgehead atoms. The summed E-state index contributed by atoms with van der Waals surface area (Å²) in [6, 6.07) is 16.4. The van der Waals surface area contributed by atoms with Crippen molar-refractivity contribution in [2.45, 2.75) is 13.0 Å². The first-order valence-corrected chi connectivity index (χ1v) is 9.48. The van der Waals surface area contributed by atoms with Gasteiger partial charge in [0.15, 0.2) is 0 Å². The van der Waals surface area contributed by atoms with Crippen LogP contribution in [0.4, 0.5) is 5.69 Å². The molecule has 1 aliphatic heterocycles. The van der Waals surface area contributed by atoms with Gasteiger partial charge in [0.2, 0.25) is 0 Å². The van der Waals surface area contributed by atoms with Crippen LogP contribution >= 0.6 is 0 Å². The minimum Gasteiger partial charge on any atom is -0.379 e. The molecule has 0 saturated carbocycles. The molecule has 1 fully saturated rings. The number of nitrogens with one attached hydrogen (secondary N) is 1. The van der Waals surface area contributed by atoms with Crippen molar-refractivity contribution in [1.82, 2.24) is 10.2 Å². The summed E-state index contributed by atoms with van der Waals surface area (Å²) >= 11 is 0. The van der Waals surface area contributed by atoms with Crippen LogP contribution in [-0.4, -0.2) is 57.8 Å². The van der Waals surface area contributed by atoms with E-state index in [1.54, 1.807) is 0 Å². The molecule has 5 nitrogen and oxygen atoms in total. The van der Waals surface area contributed by atoms with Gasteiger partial charge >= 0.3 is 0 Å². The van der Waals surface area contributed by atoms with Gasteiger partial charge in [0.1, 0.15) is 0 Å². The van der Waals surface area contributed by atoms with Gasteiger partial charge in [-0.1, -0.05) is 29.8 Å². The number of carbonyl (C=O) groups is 1. The molecule has 27 heavy (non-hydrogen) atoms. The number of nitrogens with zero attached hydrogens (tertiary/aromatic N) is 2. The van der Waals surface area contributed by atoms with Crippen molar-refractivity contribution in [2.75, 3.05) is 51.8 Å². The molecule has 0 radical (unpaired) electrons. The van der Waals surface area contributed by atoms with Gasteiger partial charge in [-0.25, -0.2) is 0 Å². The van der Waals surface area contributed by atoms with E-state index in [1.807, 2.05) is 45.3 Å². The zero-order valence-corrected chi connectivity index (χ0v) is 16.4. The molecule has 2 aromatic rings. The molecule has 1 aliphatic rings. The van der Waals surface area contributed by atoms with E-state index in [-0.39, 0.29) is 11.9 Å². The van der Waals surface area contributed by atoms with E-state index in [1.165, 1.54) is 11.3 Å². The summed E-state index contributed by atoms with van der Waals surface area (Å²) in [5.74, 6) is -0.0260. The maximum absolute atomic E-state index is 12.6. The smallest absolute Gasteiger partial charge is 0.251 e. The van der Waals surface area contributed by atoms with E-state index in [9.17, 15) is 4.79 Å². The topological polar surface area (TPSA) is 44.8 Å². The molecule has 5 heteroatoms. The second-order valence-corrected chi connectivity index (χ2v) is 7.23. The molecule has 1 amide bonds. The summed E-state index contributed by atoms with van der Waals surface area (Å²) < 4.78 is 5.51. The highest BCUT2D eigenvalue weighted by atomic mass is 16.5. The fourth-order valence-electron chi connectivity index (χ4n) is 3.42. The van der Waals surface area contributed by atoms with Crippen molar-refractivity contribution in [3.63, 3.8) is 0 Å². The Bertz CT molecular complexity index is 752. The van der Waals surface area contributed by atoms with Gasteiger partial charge in [-0.3, -0.25) is 9.69 Å². The van der Waals surface area contributed by atoms with E-state index >= 15 is 0 Å². The SMILES string of the molecule is Cc1cccc(C(=O)NC[C@H](c2ccc(N(C)C)cc2)N2CCOCC2)c1. The highest BCUT2D eigenvalue weighted by Crippen LogP contribution is 2.24. The number of benzene rings is 2. The maximum atomic E-state index is 12.6. The van der Waals surface area contributed by atoms with E-state index in [2.05, 4.69) is 39.4 Å². The molecule has 0 aromatic heterocycles. The number of hydrogen-bond donors (Lipinski definition) is 1. The molecule has 2 aromatic carbocycles. The summed E-state index contributed by atoms with van der Waals surface area (Å²) in [4.78, 5) is 17.1. The van der Waals surface area contributed by atoms with Crippen LogP contribution in [0, 0.1) is 6.92 Å². The highest BCUT2D eigenvalue weighted by Gasteiger charge is 2.23. The van der Waals surface area contributed by atoms with E-state index < -0.39 is 0 Å². The highest BCUT2D eigenvalue weighted by molar-refractivity contribution is 5.94. The lowest BCUT2D eigenvalue weighted by Gasteiger charge is -2.35. The Kier molecular flexibility index (Phi) is 6.48. The monoisotopic (exact) mass is 367 g/mol. The van der Waals surface area contributed by atoms with Gasteiger partial charge in [-0.15, -0.1) is 0 Å². The number of amides is 1. The Labute approximate surface area is 161 Å². The van der Waals surface area contributed by atoms with Crippen LogP contribution in [-0.2, 0) is 4.74 Å². The summed E-state index contributed by atoms with van der Waals surface area (Å²) in [5.41, 5.74) is 4.18. The molecule has 0 spiro atoms. The third-order valence-corrected chi connectivity index (χ3v) is 5.02. The predicted molar refractivity (Wildman–Crippen MR) is 109 cm³/mol. The fourth-order valence-corrected chi connectivity index (χ4v) is 3.42. The van der Waals surface area contributed by atoms with Crippen molar-refractivity contribution in [1.29, 1.82) is 0 Å². The number of anilines is 1. The fraction of sp³-hybridized carbons (Fsp3) is 0.409. The largest absolute Gasteiger partial charge is 0.379 e. The molecular formula is C22H29N3O2. The average molecular weight is 367 g/mol. The van der Waals surface area contributed by atoms with Crippen LogP contribution in [0.5, 0.6) is 0 Å². The molecular weight excluding hydrogens is 338 g/mol. The van der Waals surface area contributed by atoms with Crippen molar-refractivity contribution in [3.8, 4) is 0 Å². The lowest BCUT2D eigenvalue weighted by Crippen LogP contribution is -2.43. The summed E-state index contributed by atoms with van der Waals surface area (Å²) in [6.45, 7) is 5.80. The molecule has 3 rings (SSSR count). The molecule has 1 N–H and O–H groups in total. The van der Waals surface area contributed by atoms with Gasteiger partial charge in [0, 0.05) is 45.0 Å². The van der Waals surface area contributed by atoms with Crippen LogP contribution < -0.4 is 10.2 Å². The van der Waals surface area contributed by atoms with Crippen molar-refractivity contribution < 1.29 is 9.53 Å². The van der Waals surface area contributed by atoms with Crippen LogP contribution in [0.25, 0.3) is 0 Å². The van der Waals surface area contributed by atoms with Crippen molar-refractivity contribution in [3.05, 3.63) is 65.2 Å². The van der Waals surface area contributed by atoms with Gasteiger partial charge in [-0.2, -0.15) is 0 Å². The Morgan fingerprint density at radius 2 is 1.85 bits per heavy atom. The standard InChI is InChI=1S/C22H29N3O2/c1-17-5-4-6-19(15-17)22(26)23-16-21(25-11-13-27-14-12-25)18-7-9-20(10-8-18)24(2)3/h4-10,15,21H,11-14,16H2,1-3H3,(H,23,26)/t21-/m1/s1. The lowest BCUT2D eigenvalue weighted by atomic mass is 10.0. The van der Waals surface area contributed by atoms with E-state index in [0.29, 0.717) is 12.1 Å². The first-order valence-electron chi connectivity index (χ1n) is 9.48. The second-order valence-electron chi connectivity index (χ2n) is 7.23. The summed E-state index contributed by atoms with van der Waals surface area (Å²) in [5, 5.41) is 3.13. The molecule has 1 saturated heterocycles. The van der Waals surface area contributed by atoms with Gasteiger partial charge < -0.3 is 15.0 Å². The van der Waals surface area contributed by atoms with Crippen LogP contribution in [0.3, 0.4) is 0 Å². The van der Waals surface area contributed by atoms with Crippen LogP contribution in [0.1, 0.15) is 27.5 Å². The predicted octanol–water partition coefficient (Wildman–Crippen LogP) is 2.86. The lowest BCUT2D eigenvalue weighted by molar-refractivity contribution is 0.0162. The quantitative estimate of drug-likeness (QED) is 0.853. The van der Waals surface area contributed by atoms with Crippen LogP contribution in [0.15, 0.2) is 48.5 Å². The van der Waals surface area contributed by atoms with Crippen molar-refractivity contribution in [2.24, 2.45) is 0 Å². The van der Waals surface area contributed by atoms with Gasteiger partial charge in [0.05, 0.1) is 19.3 Å². The third-order valence-electron chi connectivity index (χ3n) is 5.02. The number of hydrogen-bond acceptors (Lipinski definition) is 4. The normalized spacial score (nSPS) is 16.0. The Morgan fingerprint density at radius 3 is 2.48 bits per heavy atom. The number of morpholine rings is 1. The van der Waals surface area contributed by atoms with E-state index in [0.717, 1.165) is 31.9 Å². The Balaban J connectivity index is 1.74. The average Bonchev–Trinajstić information content (AvgIpc) is 2.69. The Morgan fingerprint density at radius 1 is 1.15 bits per heavy atom. The third kappa shape index (κ3) is 5.08. The minimum absolute atomic E-state index is 0.0260. The van der Waals surface area contributed by atoms with Crippen LogP contribution in [0.2, 0.25) is 0 Å². The molecule has 0 unspecified atom stereocenters. The summed E-state index contributed by atoms with van der Waals surface area (Å²) in [7, 11) is 4.08. The number of carbonyl (C=O) groups excluding carboxylic acids is 1. The minimum atomic E-state index is -0.0260. The number of aryl methyl sites for hydroxylation is 1. The molecule has 1 heterocycles. The Hall–Kier alpha value is -2.37. The first kappa shape index (κ1) is 19.4. The molecule has 144 valence electrons. The first-order chi connectivity index (χ1) is 13.0. The maximum Gasteiger partial charge on any atom is 0.251 e. The second kappa shape index (κ2) is 9.02. The summed E-state index contributed by atoms with van der Waals surface area (Å²) in [6.07, 6.45) is 0. The van der Waals surface area contributed by atoms with E-state index in [4.69, 9.17) is 4.74 Å². The van der Waals surface area contributed by atoms with Gasteiger partial charge in [0.25, 0.3) is 5.91 Å².